The van der Waals surface area contributed by atoms with Crippen LogP contribution in [0.25, 0.3) is 0 Å². The summed E-state index contributed by atoms with van der Waals surface area (Å²) < 4.78 is 5.70. The molecule has 1 aliphatic heterocycles. The number of hydrogen-bond acceptors (Lipinski definition) is 2. The largest absolute Gasteiger partial charge is 0.373 e. The second kappa shape index (κ2) is 4.07. The molecule has 0 bridgehead atoms. The van der Waals surface area contributed by atoms with Crippen molar-refractivity contribution in [3.8, 4) is 0 Å². The molecule has 0 aliphatic carbocycles. The van der Waals surface area contributed by atoms with Crippen LogP contribution >= 0.6 is 0 Å². The van der Waals surface area contributed by atoms with E-state index < -0.39 is 0 Å². The smallest absolute Gasteiger partial charge is 0.0778 e. The minimum Gasteiger partial charge on any atom is -0.373 e. The molecule has 0 aromatic heterocycles. The van der Waals surface area contributed by atoms with Gasteiger partial charge in [0.2, 0.25) is 0 Å². The van der Waals surface area contributed by atoms with Gasteiger partial charge in [-0.1, -0.05) is 19.8 Å². The zero-order valence-corrected chi connectivity index (χ0v) is 7.65. The molecule has 11 heavy (non-hydrogen) atoms. The van der Waals surface area contributed by atoms with Gasteiger partial charge in [0.15, 0.2) is 0 Å². The first-order chi connectivity index (χ1) is 5.27. The standard InChI is InChI=1S/C9H19NO/c1-3-4-5-9(2)8-10-6-7-11-9/h10H,3-8H2,1-2H3. The minimum absolute atomic E-state index is 0.119. The van der Waals surface area contributed by atoms with Gasteiger partial charge < -0.3 is 10.1 Å². The Bertz CT molecular complexity index is 108. The molecule has 66 valence electrons. The molecule has 1 heterocycles. The molecule has 1 N–H and O–H groups in total. The van der Waals surface area contributed by atoms with Gasteiger partial charge in [0.05, 0.1) is 12.2 Å². The van der Waals surface area contributed by atoms with Crippen LogP contribution < -0.4 is 5.32 Å². The van der Waals surface area contributed by atoms with Gasteiger partial charge in [0, 0.05) is 13.1 Å². The van der Waals surface area contributed by atoms with Crippen LogP contribution in [0.5, 0.6) is 0 Å². The monoisotopic (exact) mass is 157 g/mol. The Kier molecular flexibility index (Phi) is 3.34. The fourth-order valence-electron chi connectivity index (χ4n) is 1.48. The molecule has 0 saturated carbocycles. The summed E-state index contributed by atoms with van der Waals surface area (Å²) in [6, 6.07) is 0. The van der Waals surface area contributed by atoms with Crippen LogP contribution in [0.4, 0.5) is 0 Å². The van der Waals surface area contributed by atoms with Gasteiger partial charge in [0.25, 0.3) is 0 Å². The zero-order valence-electron chi connectivity index (χ0n) is 7.65. The molecule has 1 fully saturated rings. The first kappa shape index (κ1) is 9.01. The Hall–Kier alpha value is -0.0800. The Labute approximate surface area is 69.3 Å². The van der Waals surface area contributed by atoms with Crippen LogP contribution in [0, 0.1) is 0 Å². The van der Waals surface area contributed by atoms with E-state index in [1.54, 1.807) is 0 Å². The topological polar surface area (TPSA) is 21.3 Å². The lowest BCUT2D eigenvalue weighted by atomic mass is 9.98. The van der Waals surface area contributed by atoms with Gasteiger partial charge in [0.1, 0.15) is 0 Å². The highest BCUT2D eigenvalue weighted by Gasteiger charge is 2.26. The van der Waals surface area contributed by atoms with Gasteiger partial charge in [-0.05, 0) is 13.3 Å². The second-order valence-corrected chi connectivity index (χ2v) is 3.58. The van der Waals surface area contributed by atoms with Crippen LogP contribution in [-0.2, 0) is 4.74 Å². The highest BCUT2D eigenvalue weighted by atomic mass is 16.5. The predicted octanol–water partition coefficient (Wildman–Crippen LogP) is 1.56. The molecule has 1 aliphatic rings. The van der Waals surface area contributed by atoms with Crippen LogP contribution in [-0.4, -0.2) is 25.3 Å². The van der Waals surface area contributed by atoms with E-state index in [1.807, 2.05) is 0 Å². The van der Waals surface area contributed by atoms with Gasteiger partial charge in [-0.15, -0.1) is 0 Å². The highest BCUT2D eigenvalue weighted by Crippen LogP contribution is 2.19. The van der Waals surface area contributed by atoms with Crippen molar-refractivity contribution in [3.63, 3.8) is 0 Å². The van der Waals surface area contributed by atoms with Crippen LogP contribution in [0.15, 0.2) is 0 Å². The fourth-order valence-corrected chi connectivity index (χ4v) is 1.48. The van der Waals surface area contributed by atoms with Crippen LogP contribution in [0.3, 0.4) is 0 Å². The molecule has 0 aromatic rings. The lowest BCUT2D eigenvalue weighted by Crippen LogP contribution is -2.47. The van der Waals surface area contributed by atoms with Crippen molar-refractivity contribution >= 4 is 0 Å². The number of morpholine rings is 1. The Morgan fingerprint density at radius 2 is 2.36 bits per heavy atom. The van der Waals surface area contributed by atoms with E-state index in [0.717, 1.165) is 19.7 Å². The molecule has 1 saturated heterocycles. The molecule has 0 amide bonds. The molecule has 1 atom stereocenters. The molecule has 0 aromatic carbocycles. The lowest BCUT2D eigenvalue weighted by Gasteiger charge is -2.34. The van der Waals surface area contributed by atoms with Gasteiger partial charge in [-0.2, -0.15) is 0 Å². The Morgan fingerprint density at radius 1 is 1.55 bits per heavy atom. The van der Waals surface area contributed by atoms with E-state index in [-0.39, 0.29) is 5.60 Å². The first-order valence-corrected chi connectivity index (χ1v) is 4.61. The van der Waals surface area contributed by atoms with Crippen molar-refractivity contribution in [3.05, 3.63) is 0 Å². The van der Waals surface area contributed by atoms with Crippen LogP contribution in [0.2, 0.25) is 0 Å². The first-order valence-electron chi connectivity index (χ1n) is 4.61. The van der Waals surface area contributed by atoms with Gasteiger partial charge in [-0.3, -0.25) is 0 Å². The third kappa shape index (κ3) is 2.80. The third-order valence-corrected chi connectivity index (χ3v) is 2.29. The number of ether oxygens (including phenoxy) is 1. The molecule has 1 unspecified atom stereocenters. The maximum absolute atomic E-state index is 5.70. The van der Waals surface area contributed by atoms with Gasteiger partial charge in [-0.25, -0.2) is 0 Å². The average Bonchev–Trinajstić information content (AvgIpc) is 2.03. The molecule has 2 heteroatoms. The summed E-state index contributed by atoms with van der Waals surface area (Å²) in [5.74, 6) is 0. The van der Waals surface area contributed by atoms with Crippen molar-refractivity contribution in [1.29, 1.82) is 0 Å². The second-order valence-electron chi connectivity index (χ2n) is 3.58. The van der Waals surface area contributed by atoms with Crippen molar-refractivity contribution in [2.24, 2.45) is 0 Å². The normalized spacial score (nSPS) is 32.2. The Balaban J connectivity index is 2.25. The molecule has 1 rings (SSSR count). The number of hydrogen-bond donors (Lipinski definition) is 1. The van der Waals surface area contributed by atoms with E-state index in [9.17, 15) is 0 Å². The molecular weight excluding hydrogens is 138 g/mol. The Morgan fingerprint density at radius 3 is 2.91 bits per heavy atom. The van der Waals surface area contributed by atoms with Crippen LogP contribution in [0.1, 0.15) is 33.1 Å². The summed E-state index contributed by atoms with van der Waals surface area (Å²) in [6.45, 7) is 7.34. The van der Waals surface area contributed by atoms with Gasteiger partial charge >= 0.3 is 0 Å². The lowest BCUT2D eigenvalue weighted by molar-refractivity contribution is -0.0587. The van der Waals surface area contributed by atoms with E-state index >= 15 is 0 Å². The van der Waals surface area contributed by atoms with E-state index in [2.05, 4.69) is 19.2 Å². The molecular formula is C9H19NO. The summed E-state index contributed by atoms with van der Waals surface area (Å²) >= 11 is 0. The summed E-state index contributed by atoms with van der Waals surface area (Å²) in [5.41, 5.74) is 0.119. The van der Waals surface area contributed by atoms with E-state index in [4.69, 9.17) is 4.74 Å². The average molecular weight is 157 g/mol. The molecule has 0 radical (unpaired) electrons. The summed E-state index contributed by atoms with van der Waals surface area (Å²) in [5, 5.41) is 3.36. The number of unbranched alkanes of at least 4 members (excludes halogenated alkanes) is 1. The quantitative estimate of drug-likeness (QED) is 0.671. The van der Waals surface area contributed by atoms with E-state index in [0.29, 0.717) is 0 Å². The fraction of sp³-hybridized carbons (Fsp3) is 1.00. The predicted molar refractivity (Wildman–Crippen MR) is 46.8 cm³/mol. The maximum atomic E-state index is 5.70. The zero-order chi connectivity index (χ0) is 8.16. The van der Waals surface area contributed by atoms with E-state index in [1.165, 1.54) is 19.3 Å². The molecule has 2 nitrogen and oxygen atoms in total. The maximum Gasteiger partial charge on any atom is 0.0778 e. The number of rotatable bonds is 3. The summed E-state index contributed by atoms with van der Waals surface area (Å²) in [7, 11) is 0. The highest BCUT2D eigenvalue weighted by molar-refractivity contribution is 4.80. The third-order valence-electron chi connectivity index (χ3n) is 2.29. The summed E-state index contributed by atoms with van der Waals surface area (Å²) in [6.07, 6.45) is 3.73. The molecule has 0 spiro atoms. The van der Waals surface area contributed by atoms with Crippen molar-refractivity contribution in [2.45, 2.75) is 38.7 Å². The van der Waals surface area contributed by atoms with Crippen molar-refractivity contribution in [1.82, 2.24) is 5.32 Å². The minimum atomic E-state index is 0.119. The summed E-state index contributed by atoms with van der Waals surface area (Å²) in [4.78, 5) is 0. The van der Waals surface area contributed by atoms with Crippen molar-refractivity contribution < 1.29 is 4.74 Å². The number of nitrogens with one attached hydrogen (secondary N) is 1. The van der Waals surface area contributed by atoms with Crippen molar-refractivity contribution in [2.75, 3.05) is 19.7 Å². The SMILES string of the molecule is CCCCC1(C)CNCCO1.